The highest BCUT2D eigenvalue weighted by atomic mass is 16.6. The van der Waals surface area contributed by atoms with Crippen LogP contribution in [0.4, 0.5) is 0 Å². The Bertz CT molecular complexity index is 462. The molecule has 1 atom stereocenters. The molecule has 0 radical (unpaired) electrons. The predicted molar refractivity (Wildman–Crippen MR) is 85.7 cm³/mol. The first-order valence-corrected chi connectivity index (χ1v) is 7.65. The maximum absolute atomic E-state index is 12.0. The Morgan fingerprint density at radius 2 is 1.65 bits per heavy atom. The van der Waals surface area contributed by atoms with Gasteiger partial charge < -0.3 is 14.6 Å². The van der Waals surface area contributed by atoms with Crippen molar-refractivity contribution in [1.29, 1.82) is 0 Å². The molecule has 0 spiro atoms. The van der Waals surface area contributed by atoms with Crippen molar-refractivity contribution < 1.29 is 29.0 Å². The van der Waals surface area contributed by atoms with E-state index in [0.29, 0.717) is 0 Å². The van der Waals surface area contributed by atoms with Gasteiger partial charge in [-0.25, -0.2) is 4.79 Å². The minimum Gasteiger partial charge on any atom is -0.481 e. The van der Waals surface area contributed by atoms with E-state index in [4.69, 9.17) is 14.6 Å². The van der Waals surface area contributed by atoms with Gasteiger partial charge in [-0.05, 0) is 5.92 Å². The quantitative estimate of drug-likeness (QED) is 0.517. The van der Waals surface area contributed by atoms with Gasteiger partial charge in [-0.2, -0.15) is 0 Å². The summed E-state index contributed by atoms with van der Waals surface area (Å²) in [6.07, 6.45) is -1.01. The lowest BCUT2D eigenvalue weighted by atomic mass is 9.81. The summed E-state index contributed by atoms with van der Waals surface area (Å²) >= 11 is 0. The lowest BCUT2D eigenvalue weighted by molar-refractivity contribution is -0.164. The van der Waals surface area contributed by atoms with Crippen molar-refractivity contribution in [2.75, 3.05) is 6.61 Å². The summed E-state index contributed by atoms with van der Waals surface area (Å²) in [5, 5.41) is 8.71. The fraction of sp³-hybridized carbons (Fsp3) is 0.706. The molecule has 0 rings (SSSR count). The molecule has 0 saturated carbocycles. The molecule has 0 aromatic heterocycles. The van der Waals surface area contributed by atoms with E-state index in [1.807, 2.05) is 27.7 Å². The minimum atomic E-state index is -1.14. The zero-order chi connectivity index (χ0) is 18.4. The summed E-state index contributed by atoms with van der Waals surface area (Å²) in [4.78, 5) is 34.3. The van der Waals surface area contributed by atoms with Crippen LogP contribution in [0.2, 0.25) is 0 Å². The average molecular weight is 328 g/mol. The second-order valence-electron chi connectivity index (χ2n) is 6.99. The maximum atomic E-state index is 12.0. The fourth-order valence-corrected chi connectivity index (χ4v) is 2.16. The van der Waals surface area contributed by atoms with Crippen molar-refractivity contribution in [1.82, 2.24) is 0 Å². The molecule has 0 aromatic carbocycles. The summed E-state index contributed by atoms with van der Waals surface area (Å²) in [6.45, 7) is 14.5. The molecule has 0 aliphatic heterocycles. The van der Waals surface area contributed by atoms with Crippen LogP contribution in [0.3, 0.4) is 0 Å². The summed E-state index contributed by atoms with van der Waals surface area (Å²) in [7, 11) is 0. The molecular formula is C17H28O6. The molecule has 6 nitrogen and oxygen atoms in total. The lowest BCUT2D eigenvalue weighted by Crippen LogP contribution is -2.42. The lowest BCUT2D eigenvalue weighted by Gasteiger charge is -2.36. The van der Waals surface area contributed by atoms with E-state index in [1.54, 1.807) is 13.8 Å². The number of ether oxygens (including phenoxy) is 2. The van der Waals surface area contributed by atoms with E-state index in [2.05, 4.69) is 6.58 Å². The van der Waals surface area contributed by atoms with Gasteiger partial charge in [0.05, 0.1) is 18.9 Å². The molecule has 1 unspecified atom stereocenters. The van der Waals surface area contributed by atoms with E-state index < -0.39 is 29.9 Å². The Kier molecular flexibility index (Phi) is 8.00. The molecule has 0 aromatic rings. The van der Waals surface area contributed by atoms with E-state index in [0.717, 1.165) is 0 Å². The number of carbonyl (C=O) groups excluding carboxylic acids is 2. The van der Waals surface area contributed by atoms with Crippen LogP contribution in [-0.4, -0.2) is 35.7 Å². The van der Waals surface area contributed by atoms with Crippen molar-refractivity contribution in [2.45, 2.75) is 54.1 Å². The van der Waals surface area contributed by atoms with Crippen LogP contribution in [0.15, 0.2) is 12.2 Å². The van der Waals surface area contributed by atoms with Crippen LogP contribution in [-0.2, 0) is 23.9 Å². The van der Waals surface area contributed by atoms with Crippen molar-refractivity contribution in [3.8, 4) is 0 Å². The molecule has 0 aliphatic rings. The van der Waals surface area contributed by atoms with Gasteiger partial charge in [0.15, 0.2) is 0 Å². The van der Waals surface area contributed by atoms with Crippen LogP contribution in [0.5, 0.6) is 0 Å². The zero-order valence-corrected chi connectivity index (χ0v) is 14.8. The van der Waals surface area contributed by atoms with E-state index in [9.17, 15) is 14.4 Å². The Balaban J connectivity index is 4.94. The number of hydrogen-bond acceptors (Lipinski definition) is 5. The van der Waals surface area contributed by atoms with Gasteiger partial charge in [0, 0.05) is 11.0 Å². The summed E-state index contributed by atoms with van der Waals surface area (Å²) in [5.74, 6) is -2.47. The molecular weight excluding hydrogens is 300 g/mol. The van der Waals surface area contributed by atoms with E-state index in [-0.39, 0.29) is 30.0 Å². The third-order valence-corrected chi connectivity index (χ3v) is 3.32. The summed E-state index contributed by atoms with van der Waals surface area (Å²) < 4.78 is 10.7. The van der Waals surface area contributed by atoms with Crippen molar-refractivity contribution >= 4 is 17.9 Å². The highest BCUT2D eigenvalue weighted by Crippen LogP contribution is 2.30. The number of hydrogen-bond donors (Lipinski definition) is 1. The Morgan fingerprint density at radius 1 is 1.13 bits per heavy atom. The van der Waals surface area contributed by atoms with Gasteiger partial charge in [0.25, 0.3) is 0 Å². The third kappa shape index (κ3) is 7.30. The fourth-order valence-electron chi connectivity index (χ4n) is 2.16. The average Bonchev–Trinajstić information content (AvgIpc) is 2.40. The minimum absolute atomic E-state index is 0.0377. The number of rotatable bonds is 9. The Morgan fingerprint density at radius 3 is 2.04 bits per heavy atom. The maximum Gasteiger partial charge on any atom is 0.334 e. The highest BCUT2D eigenvalue weighted by Gasteiger charge is 2.37. The highest BCUT2D eigenvalue weighted by molar-refractivity contribution is 5.92. The van der Waals surface area contributed by atoms with Crippen LogP contribution in [0, 0.1) is 17.3 Å². The monoisotopic (exact) mass is 328 g/mol. The van der Waals surface area contributed by atoms with Crippen LogP contribution in [0.25, 0.3) is 0 Å². The summed E-state index contributed by atoms with van der Waals surface area (Å²) in [6, 6.07) is 0. The first-order valence-electron chi connectivity index (χ1n) is 7.65. The summed E-state index contributed by atoms with van der Waals surface area (Å²) in [5.41, 5.74) is -0.726. The number of esters is 2. The largest absolute Gasteiger partial charge is 0.481 e. The smallest absolute Gasteiger partial charge is 0.334 e. The molecule has 23 heavy (non-hydrogen) atoms. The van der Waals surface area contributed by atoms with Crippen LogP contribution >= 0.6 is 0 Å². The topological polar surface area (TPSA) is 89.9 Å². The third-order valence-electron chi connectivity index (χ3n) is 3.32. The number of carbonyl (C=O) groups is 3. The molecule has 0 heterocycles. The predicted octanol–water partition coefficient (Wildman–Crippen LogP) is 2.81. The number of carboxylic acids is 1. The van der Waals surface area contributed by atoms with Gasteiger partial charge in [-0.15, -0.1) is 0 Å². The zero-order valence-electron chi connectivity index (χ0n) is 14.8. The normalized spacial score (nSPS) is 12.9. The number of carboxylic acid groups (broad SMARTS) is 1. The van der Waals surface area contributed by atoms with Crippen molar-refractivity contribution in [3.05, 3.63) is 12.2 Å². The second kappa shape index (κ2) is 8.70. The molecule has 1 N–H and O–H groups in total. The van der Waals surface area contributed by atoms with Crippen molar-refractivity contribution in [3.63, 3.8) is 0 Å². The molecule has 0 fully saturated rings. The van der Waals surface area contributed by atoms with Crippen LogP contribution in [0.1, 0.15) is 48.0 Å². The first kappa shape index (κ1) is 21.1. The van der Waals surface area contributed by atoms with Gasteiger partial charge in [0.1, 0.15) is 6.10 Å². The van der Waals surface area contributed by atoms with Gasteiger partial charge >= 0.3 is 17.9 Å². The van der Waals surface area contributed by atoms with Gasteiger partial charge in [0.2, 0.25) is 0 Å². The van der Waals surface area contributed by atoms with Crippen molar-refractivity contribution in [2.24, 2.45) is 17.3 Å². The number of aliphatic carboxylic acids is 1. The molecule has 0 saturated heterocycles. The SMILES string of the molecule is C=C(CC(=O)O)C(=O)OC(C(C)C)C(C)(C)COC(=O)C(C)C. The molecule has 132 valence electrons. The first-order chi connectivity index (χ1) is 10.4. The van der Waals surface area contributed by atoms with Gasteiger partial charge in [-0.1, -0.05) is 48.1 Å². The Hall–Kier alpha value is -1.85. The molecule has 6 heteroatoms. The van der Waals surface area contributed by atoms with Crippen LogP contribution < -0.4 is 0 Å². The second-order valence-corrected chi connectivity index (χ2v) is 6.99. The van der Waals surface area contributed by atoms with E-state index in [1.165, 1.54) is 0 Å². The Labute approximate surface area is 137 Å². The molecule has 0 aliphatic carbocycles. The standard InChI is InChI=1S/C17H28O6/c1-10(2)14(23-16(21)12(5)8-13(18)19)17(6,7)9-22-15(20)11(3)4/h10-11,14H,5,8-9H2,1-4,6-7H3,(H,18,19). The van der Waals surface area contributed by atoms with Gasteiger partial charge in [-0.3, -0.25) is 9.59 Å². The molecule has 0 bridgehead atoms. The molecule has 0 amide bonds. The van der Waals surface area contributed by atoms with E-state index >= 15 is 0 Å².